The maximum Gasteiger partial charge on any atom is 0.124 e. The topological polar surface area (TPSA) is 71.7 Å². The van der Waals surface area contributed by atoms with Crippen LogP contribution < -0.4 is 0 Å². The first-order valence-corrected chi connectivity index (χ1v) is 7.86. The summed E-state index contributed by atoms with van der Waals surface area (Å²) in [6.45, 7) is 3.01. The van der Waals surface area contributed by atoms with E-state index in [1.165, 1.54) is 0 Å². The van der Waals surface area contributed by atoms with E-state index in [-0.39, 0.29) is 11.5 Å². The van der Waals surface area contributed by atoms with Gasteiger partial charge in [0.2, 0.25) is 0 Å². The Labute approximate surface area is 141 Å². The summed E-state index contributed by atoms with van der Waals surface area (Å²) in [6, 6.07) is 14.2. The second-order valence-corrected chi connectivity index (χ2v) is 5.51. The van der Waals surface area contributed by atoms with Crippen LogP contribution in [0.2, 0.25) is 0 Å². The van der Waals surface area contributed by atoms with E-state index in [0.717, 1.165) is 26.2 Å². The van der Waals surface area contributed by atoms with Crippen LogP contribution in [0.4, 0.5) is 0 Å². The lowest BCUT2D eigenvalue weighted by Crippen LogP contribution is -2.41. The highest BCUT2D eigenvalue weighted by Crippen LogP contribution is 2.14. The van der Waals surface area contributed by atoms with Gasteiger partial charge in [0.15, 0.2) is 0 Å². The molecule has 0 aliphatic carbocycles. The number of piperazine rings is 1. The Morgan fingerprint density at radius 3 is 1.42 bits per heavy atom. The molecule has 1 aliphatic rings. The molecule has 0 radical (unpaired) electrons. The lowest BCUT2D eigenvalue weighted by atomic mass is 10.2. The molecule has 124 valence electrons. The van der Waals surface area contributed by atoms with Gasteiger partial charge in [-0.15, -0.1) is 0 Å². The van der Waals surface area contributed by atoms with Crippen molar-refractivity contribution in [1.29, 1.82) is 0 Å². The van der Waals surface area contributed by atoms with Crippen LogP contribution in [0.3, 0.4) is 0 Å². The van der Waals surface area contributed by atoms with Crippen molar-refractivity contribution < 1.29 is 10.2 Å². The van der Waals surface area contributed by atoms with Gasteiger partial charge < -0.3 is 10.2 Å². The molecule has 0 saturated carbocycles. The fourth-order valence-corrected chi connectivity index (χ4v) is 2.40. The van der Waals surface area contributed by atoms with Gasteiger partial charge in [-0.25, -0.2) is 0 Å². The first-order valence-electron chi connectivity index (χ1n) is 7.86. The van der Waals surface area contributed by atoms with Crippen LogP contribution in [0.1, 0.15) is 11.1 Å². The van der Waals surface area contributed by atoms with Crippen molar-refractivity contribution in [3.8, 4) is 11.5 Å². The van der Waals surface area contributed by atoms with Gasteiger partial charge >= 0.3 is 0 Å². The van der Waals surface area contributed by atoms with Crippen molar-refractivity contribution in [2.45, 2.75) is 0 Å². The Kier molecular flexibility index (Phi) is 4.96. The number of hydrazone groups is 2. The molecule has 2 N–H and O–H groups in total. The maximum absolute atomic E-state index is 9.73. The van der Waals surface area contributed by atoms with Gasteiger partial charge in [0.1, 0.15) is 11.5 Å². The minimum absolute atomic E-state index is 0.229. The summed E-state index contributed by atoms with van der Waals surface area (Å²) >= 11 is 0. The van der Waals surface area contributed by atoms with Crippen molar-refractivity contribution in [2.75, 3.05) is 26.2 Å². The maximum atomic E-state index is 9.73. The summed E-state index contributed by atoms with van der Waals surface area (Å²) in [5, 5.41) is 32.2. The average molecular weight is 324 g/mol. The number of phenols is 2. The summed E-state index contributed by atoms with van der Waals surface area (Å²) in [5.74, 6) is 0.458. The molecule has 2 aromatic carbocycles. The zero-order valence-electron chi connectivity index (χ0n) is 13.3. The molecular weight excluding hydrogens is 304 g/mol. The molecule has 1 heterocycles. The van der Waals surface area contributed by atoms with Crippen molar-refractivity contribution >= 4 is 12.4 Å². The smallest absolute Gasteiger partial charge is 0.124 e. The molecule has 6 heteroatoms. The van der Waals surface area contributed by atoms with Gasteiger partial charge in [-0.05, 0) is 24.3 Å². The number of phenolic OH excluding ortho intramolecular Hbond substituents is 2. The molecular formula is C18H20N4O2. The lowest BCUT2D eigenvalue weighted by Gasteiger charge is -2.31. The van der Waals surface area contributed by atoms with Crippen molar-refractivity contribution in [1.82, 2.24) is 10.0 Å². The molecule has 0 atom stereocenters. The highest BCUT2D eigenvalue weighted by Gasteiger charge is 2.13. The molecule has 0 spiro atoms. The van der Waals surface area contributed by atoms with Gasteiger partial charge in [0.25, 0.3) is 0 Å². The van der Waals surface area contributed by atoms with E-state index in [1.807, 2.05) is 34.3 Å². The van der Waals surface area contributed by atoms with Crippen molar-refractivity contribution in [3.63, 3.8) is 0 Å². The highest BCUT2D eigenvalue weighted by atomic mass is 16.3. The summed E-state index contributed by atoms with van der Waals surface area (Å²) < 4.78 is 0. The van der Waals surface area contributed by atoms with E-state index in [2.05, 4.69) is 10.2 Å². The zero-order chi connectivity index (χ0) is 16.8. The number of benzene rings is 2. The molecule has 1 saturated heterocycles. The van der Waals surface area contributed by atoms with Crippen LogP contribution in [0.25, 0.3) is 0 Å². The minimum atomic E-state index is 0.229. The summed E-state index contributed by atoms with van der Waals surface area (Å²) in [5.41, 5.74) is 1.41. The Bertz CT molecular complexity index is 674. The molecule has 1 aliphatic heterocycles. The molecule has 0 aromatic heterocycles. The number of aromatic hydroxyl groups is 2. The predicted octanol–water partition coefficient (Wildman–Crippen LogP) is 2.08. The van der Waals surface area contributed by atoms with E-state index >= 15 is 0 Å². The fourth-order valence-electron chi connectivity index (χ4n) is 2.40. The number of para-hydroxylation sites is 2. The van der Waals surface area contributed by atoms with Crippen LogP contribution in [0, 0.1) is 0 Å². The van der Waals surface area contributed by atoms with Crippen LogP contribution in [0.5, 0.6) is 11.5 Å². The molecule has 24 heavy (non-hydrogen) atoms. The lowest BCUT2D eigenvalue weighted by molar-refractivity contribution is 0.141. The van der Waals surface area contributed by atoms with Crippen LogP contribution in [-0.2, 0) is 0 Å². The molecule has 3 rings (SSSR count). The first kappa shape index (κ1) is 15.9. The van der Waals surface area contributed by atoms with Crippen LogP contribution in [-0.4, -0.2) is 58.8 Å². The monoisotopic (exact) mass is 324 g/mol. The van der Waals surface area contributed by atoms with Crippen LogP contribution >= 0.6 is 0 Å². The number of hydrogen-bond acceptors (Lipinski definition) is 6. The van der Waals surface area contributed by atoms with E-state index < -0.39 is 0 Å². The SMILES string of the molecule is Oc1ccccc1/C=N\N1CCN(/N=C\c2ccccc2O)CC1. The van der Waals surface area contributed by atoms with Gasteiger partial charge in [-0.2, -0.15) is 10.2 Å². The van der Waals surface area contributed by atoms with E-state index in [9.17, 15) is 10.2 Å². The number of nitrogens with zero attached hydrogens (tertiary/aromatic N) is 4. The summed E-state index contributed by atoms with van der Waals surface area (Å²) in [6.07, 6.45) is 3.35. The summed E-state index contributed by atoms with van der Waals surface area (Å²) in [7, 11) is 0. The third-order valence-corrected chi connectivity index (χ3v) is 3.83. The average Bonchev–Trinajstić information content (AvgIpc) is 2.61. The van der Waals surface area contributed by atoms with Gasteiger partial charge in [-0.3, -0.25) is 10.0 Å². The fraction of sp³-hybridized carbons (Fsp3) is 0.222. The quantitative estimate of drug-likeness (QED) is 0.845. The third kappa shape index (κ3) is 4.04. The summed E-state index contributed by atoms with van der Waals surface area (Å²) in [4.78, 5) is 0. The molecule has 1 fully saturated rings. The van der Waals surface area contributed by atoms with Crippen molar-refractivity contribution in [3.05, 3.63) is 59.7 Å². The van der Waals surface area contributed by atoms with E-state index in [0.29, 0.717) is 11.1 Å². The molecule has 0 unspecified atom stereocenters. The standard InChI is InChI=1S/C18H20N4O2/c23-17-7-3-1-5-15(17)13-19-21-9-11-22(12-10-21)20-14-16-6-2-4-8-18(16)24/h1-8,13-14,23-24H,9-12H2/b19-13-,20-14-. The predicted molar refractivity (Wildman–Crippen MR) is 94.5 cm³/mol. The molecule has 0 amide bonds. The minimum Gasteiger partial charge on any atom is -0.507 e. The number of rotatable bonds is 4. The zero-order valence-corrected chi connectivity index (χ0v) is 13.3. The Balaban J connectivity index is 1.53. The second kappa shape index (κ2) is 7.50. The van der Waals surface area contributed by atoms with Gasteiger partial charge in [0, 0.05) is 11.1 Å². The number of hydrogen-bond donors (Lipinski definition) is 2. The van der Waals surface area contributed by atoms with E-state index in [1.54, 1.807) is 36.7 Å². The first-order chi connectivity index (χ1) is 11.7. The Morgan fingerprint density at radius 1 is 0.667 bits per heavy atom. The van der Waals surface area contributed by atoms with Gasteiger partial charge in [0.05, 0.1) is 38.6 Å². The highest BCUT2D eigenvalue weighted by molar-refractivity contribution is 5.83. The normalized spacial score (nSPS) is 15.5. The molecule has 0 bridgehead atoms. The largest absolute Gasteiger partial charge is 0.507 e. The van der Waals surface area contributed by atoms with Crippen molar-refractivity contribution in [2.24, 2.45) is 10.2 Å². The third-order valence-electron chi connectivity index (χ3n) is 3.83. The van der Waals surface area contributed by atoms with Gasteiger partial charge in [-0.1, -0.05) is 24.3 Å². The molecule has 2 aromatic rings. The Hall–Kier alpha value is -3.02. The Morgan fingerprint density at radius 2 is 1.04 bits per heavy atom. The van der Waals surface area contributed by atoms with Crippen LogP contribution in [0.15, 0.2) is 58.7 Å². The molecule has 6 nitrogen and oxygen atoms in total. The second-order valence-electron chi connectivity index (χ2n) is 5.51. The van der Waals surface area contributed by atoms with E-state index in [4.69, 9.17) is 0 Å².